The number of rotatable bonds is 6. The fraction of sp³-hybridized carbons (Fsp3) is 0.520. The maximum absolute atomic E-state index is 13.4. The molecule has 0 unspecified atom stereocenters. The second-order valence-electron chi connectivity index (χ2n) is 9.07. The molecule has 0 spiro atoms. The predicted molar refractivity (Wildman–Crippen MR) is 130 cm³/mol. The Kier molecular flexibility index (Phi) is 7.16. The number of carbonyl (C=O) groups excluding carboxylic acids is 2. The average molecular weight is 456 g/mol. The summed E-state index contributed by atoms with van der Waals surface area (Å²) in [6.45, 7) is 5.75. The van der Waals surface area contributed by atoms with Crippen molar-refractivity contribution in [1.82, 2.24) is 4.90 Å². The zero-order valence-electron chi connectivity index (χ0n) is 19.2. The lowest BCUT2D eigenvalue weighted by molar-refractivity contribution is -0.118. The van der Waals surface area contributed by atoms with E-state index in [1.165, 1.54) is 11.3 Å². The van der Waals surface area contributed by atoms with Gasteiger partial charge in [0.2, 0.25) is 5.91 Å². The number of benzene rings is 1. The minimum absolute atomic E-state index is 0.0447. The van der Waals surface area contributed by atoms with E-state index >= 15 is 0 Å². The molecule has 0 saturated carbocycles. The Hall–Kier alpha value is -2.38. The number of likely N-dealkylation sites (tertiary alicyclic amines) is 1. The number of thiophene rings is 1. The lowest BCUT2D eigenvalue weighted by atomic mass is 9.88. The van der Waals surface area contributed by atoms with Crippen LogP contribution in [0.4, 0.5) is 10.7 Å². The van der Waals surface area contributed by atoms with Crippen LogP contribution < -0.4 is 15.4 Å². The van der Waals surface area contributed by atoms with E-state index in [1.807, 2.05) is 24.3 Å². The zero-order valence-corrected chi connectivity index (χ0v) is 20.0. The minimum atomic E-state index is -0.191. The van der Waals surface area contributed by atoms with Crippen molar-refractivity contribution in [2.45, 2.75) is 58.4 Å². The maximum atomic E-state index is 13.4. The van der Waals surface area contributed by atoms with Gasteiger partial charge < -0.3 is 15.4 Å². The summed E-state index contributed by atoms with van der Waals surface area (Å²) in [5, 5.41) is 6.77. The Morgan fingerprint density at radius 3 is 2.75 bits per heavy atom. The Bertz CT molecular complexity index is 987. The molecule has 2 atom stereocenters. The van der Waals surface area contributed by atoms with Crippen molar-refractivity contribution in [3.05, 3.63) is 40.3 Å². The molecule has 1 fully saturated rings. The average Bonchev–Trinajstić information content (AvgIpc) is 3.12. The monoisotopic (exact) mass is 455 g/mol. The predicted octanol–water partition coefficient (Wildman–Crippen LogP) is 4.95. The number of methoxy groups -OCH3 is 1. The highest BCUT2D eigenvalue weighted by atomic mass is 32.1. The number of ether oxygens (including phenoxy) is 1. The van der Waals surface area contributed by atoms with Gasteiger partial charge in [0, 0.05) is 10.9 Å². The van der Waals surface area contributed by atoms with Crippen molar-refractivity contribution in [3.8, 4) is 5.75 Å². The lowest BCUT2D eigenvalue weighted by Crippen LogP contribution is -2.42. The number of anilines is 2. The molecule has 4 rings (SSSR count). The van der Waals surface area contributed by atoms with Crippen LogP contribution in [0.5, 0.6) is 5.75 Å². The lowest BCUT2D eigenvalue weighted by Gasteiger charge is -2.32. The molecule has 1 aromatic carbocycles. The Balaban J connectivity index is 1.58. The van der Waals surface area contributed by atoms with Gasteiger partial charge in [0.05, 0.1) is 24.9 Å². The minimum Gasteiger partial charge on any atom is -0.495 e. The first-order chi connectivity index (χ1) is 15.5. The Morgan fingerprint density at radius 1 is 1.16 bits per heavy atom. The third-order valence-electron chi connectivity index (χ3n) is 6.63. The molecule has 2 N–H and O–H groups in total. The van der Waals surface area contributed by atoms with Crippen LogP contribution in [0.2, 0.25) is 0 Å². The summed E-state index contributed by atoms with van der Waals surface area (Å²) in [6, 6.07) is 7.80. The van der Waals surface area contributed by atoms with Crippen LogP contribution in [-0.2, 0) is 17.6 Å². The molecule has 7 heteroatoms. The Morgan fingerprint density at radius 2 is 1.97 bits per heavy atom. The number of para-hydroxylation sites is 2. The van der Waals surface area contributed by atoms with Crippen molar-refractivity contribution in [2.24, 2.45) is 5.92 Å². The van der Waals surface area contributed by atoms with Gasteiger partial charge in [-0.3, -0.25) is 14.5 Å². The van der Waals surface area contributed by atoms with Gasteiger partial charge >= 0.3 is 0 Å². The number of nitrogens with zero attached hydrogens (tertiary/aromatic N) is 1. The molecule has 2 heterocycles. The SMILES string of the molecule is COc1ccccc1NC(=O)c1c(NC(=O)CN2CCCC[C@H]2C)sc2c1CC[C@H](C)C2. The van der Waals surface area contributed by atoms with Gasteiger partial charge in [0.1, 0.15) is 10.8 Å². The number of carbonyl (C=O) groups is 2. The van der Waals surface area contributed by atoms with Gasteiger partial charge in [-0.2, -0.15) is 0 Å². The number of piperidine rings is 1. The first kappa shape index (κ1) is 22.8. The molecule has 0 radical (unpaired) electrons. The molecular formula is C25H33N3O3S. The van der Waals surface area contributed by atoms with Crippen molar-refractivity contribution < 1.29 is 14.3 Å². The van der Waals surface area contributed by atoms with Gasteiger partial charge in [-0.1, -0.05) is 25.5 Å². The fourth-order valence-corrected chi connectivity index (χ4v) is 6.18. The maximum Gasteiger partial charge on any atom is 0.259 e. The topological polar surface area (TPSA) is 70.7 Å². The van der Waals surface area contributed by atoms with E-state index in [0.29, 0.717) is 40.5 Å². The first-order valence-corrected chi connectivity index (χ1v) is 12.4. The largest absolute Gasteiger partial charge is 0.495 e. The van der Waals surface area contributed by atoms with E-state index in [2.05, 4.69) is 29.4 Å². The summed E-state index contributed by atoms with van der Waals surface area (Å²) in [5.41, 5.74) is 2.33. The van der Waals surface area contributed by atoms with Gasteiger partial charge in [-0.05, 0) is 69.2 Å². The van der Waals surface area contributed by atoms with Crippen molar-refractivity contribution in [2.75, 3.05) is 30.8 Å². The number of hydrogen-bond acceptors (Lipinski definition) is 5. The second kappa shape index (κ2) is 10.0. The van der Waals surface area contributed by atoms with Gasteiger partial charge in [0.15, 0.2) is 0 Å². The molecule has 172 valence electrons. The molecule has 1 saturated heterocycles. The molecule has 1 aliphatic heterocycles. The van der Waals surface area contributed by atoms with Crippen LogP contribution in [0.3, 0.4) is 0 Å². The highest BCUT2D eigenvalue weighted by Crippen LogP contribution is 2.40. The van der Waals surface area contributed by atoms with Crippen LogP contribution in [0, 0.1) is 5.92 Å². The highest BCUT2D eigenvalue weighted by Gasteiger charge is 2.29. The van der Waals surface area contributed by atoms with Gasteiger partial charge in [0.25, 0.3) is 5.91 Å². The third-order valence-corrected chi connectivity index (χ3v) is 7.80. The smallest absolute Gasteiger partial charge is 0.259 e. The molecule has 1 aromatic heterocycles. The van der Waals surface area contributed by atoms with Crippen molar-refractivity contribution in [3.63, 3.8) is 0 Å². The van der Waals surface area contributed by atoms with Crippen LogP contribution in [0.25, 0.3) is 0 Å². The normalized spacial score (nSPS) is 21.0. The quantitative estimate of drug-likeness (QED) is 0.647. The standard InChI is InChI=1S/C25H33N3O3S/c1-16-11-12-18-21(14-16)32-25(27-22(29)15-28-13-7-6-8-17(28)2)23(18)24(30)26-19-9-4-5-10-20(19)31-3/h4-5,9-10,16-17H,6-8,11-15H2,1-3H3,(H,26,30)(H,27,29)/t16-,17+/m0/s1. The molecule has 2 aliphatic rings. The van der Waals surface area contributed by atoms with Crippen LogP contribution >= 0.6 is 11.3 Å². The number of nitrogens with one attached hydrogen (secondary N) is 2. The molecule has 32 heavy (non-hydrogen) atoms. The highest BCUT2D eigenvalue weighted by molar-refractivity contribution is 7.17. The van der Waals surface area contributed by atoms with E-state index in [0.717, 1.165) is 44.2 Å². The molecule has 1 aliphatic carbocycles. The van der Waals surface area contributed by atoms with Crippen LogP contribution in [-0.4, -0.2) is 43.0 Å². The zero-order chi connectivity index (χ0) is 22.7. The number of fused-ring (bicyclic) bond motifs is 1. The summed E-state index contributed by atoms with van der Waals surface area (Å²) in [4.78, 5) is 29.8. The molecule has 6 nitrogen and oxygen atoms in total. The molecule has 2 amide bonds. The molecule has 0 bridgehead atoms. The number of hydrogen-bond donors (Lipinski definition) is 2. The van der Waals surface area contributed by atoms with E-state index < -0.39 is 0 Å². The Labute approximate surface area is 194 Å². The summed E-state index contributed by atoms with van der Waals surface area (Å²) in [5.74, 6) is 0.965. The van der Waals surface area contributed by atoms with E-state index in [1.54, 1.807) is 18.4 Å². The summed E-state index contributed by atoms with van der Waals surface area (Å²) < 4.78 is 5.39. The van der Waals surface area contributed by atoms with Gasteiger partial charge in [-0.25, -0.2) is 0 Å². The summed E-state index contributed by atoms with van der Waals surface area (Å²) in [7, 11) is 1.59. The van der Waals surface area contributed by atoms with Crippen LogP contribution in [0.1, 0.15) is 60.3 Å². The third kappa shape index (κ3) is 4.99. The number of amides is 2. The van der Waals surface area contributed by atoms with E-state index in [-0.39, 0.29) is 11.8 Å². The van der Waals surface area contributed by atoms with Crippen molar-refractivity contribution >= 4 is 33.8 Å². The first-order valence-electron chi connectivity index (χ1n) is 11.6. The fourth-order valence-electron chi connectivity index (χ4n) is 4.75. The van der Waals surface area contributed by atoms with E-state index in [9.17, 15) is 9.59 Å². The van der Waals surface area contributed by atoms with E-state index in [4.69, 9.17) is 4.74 Å². The summed E-state index contributed by atoms with van der Waals surface area (Å²) >= 11 is 1.56. The van der Waals surface area contributed by atoms with Crippen LogP contribution in [0.15, 0.2) is 24.3 Å². The summed E-state index contributed by atoms with van der Waals surface area (Å²) in [6.07, 6.45) is 6.36. The molecule has 2 aromatic rings. The molecular weight excluding hydrogens is 422 g/mol. The second-order valence-corrected chi connectivity index (χ2v) is 10.2. The van der Waals surface area contributed by atoms with Crippen molar-refractivity contribution in [1.29, 1.82) is 0 Å². The van der Waals surface area contributed by atoms with Gasteiger partial charge in [-0.15, -0.1) is 11.3 Å².